The van der Waals surface area contributed by atoms with Gasteiger partial charge in [-0.05, 0) is 66.6 Å². The van der Waals surface area contributed by atoms with E-state index in [0.717, 1.165) is 12.0 Å². The van der Waals surface area contributed by atoms with Crippen molar-refractivity contribution in [3.63, 3.8) is 0 Å². The number of carbonyl (C=O) groups is 2. The molecule has 1 saturated carbocycles. The van der Waals surface area contributed by atoms with Gasteiger partial charge in [0.15, 0.2) is 0 Å². The Bertz CT molecular complexity index is 1300. The lowest BCUT2D eigenvalue weighted by molar-refractivity contribution is 0.0695. The van der Waals surface area contributed by atoms with Crippen LogP contribution in [0.25, 0.3) is 11.1 Å². The average Bonchev–Trinajstić information content (AvgIpc) is 3.57. The van der Waals surface area contributed by atoms with Crippen molar-refractivity contribution in [3.05, 3.63) is 83.2 Å². The Kier molecular flexibility index (Phi) is 6.39. The van der Waals surface area contributed by atoms with Crippen molar-refractivity contribution in [1.29, 1.82) is 0 Å². The molecule has 1 saturated heterocycles. The third-order valence-electron chi connectivity index (χ3n) is 7.19. The van der Waals surface area contributed by atoms with Crippen LogP contribution in [0.3, 0.4) is 0 Å². The molecular weight excluding hydrogens is 459 g/mol. The van der Waals surface area contributed by atoms with Crippen molar-refractivity contribution in [2.45, 2.75) is 19.4 Å². The standard InChI is InChI=1S/C29H29FN2O4/c1-17-7-8-24(25(9-17)18-5-4-6-21(30)10-18)29(34)32-16-20-13-26(20)27(32)15-31-28(33)19-11-22(35-2)14-23(12-19)36-3/h4-12,14,20,26-27H,13,15-16H2,1-3H3,(H,31,33)/t20-,26?,27-/m1/s1. The Morgan fingerprint density at radius 1 is 1.03 bits per heavy atom. The van der Waals surface area contributed by atoms with Gasteiger partial charge in [-0.3, -0.25) is 9.59 Å². The fourth-order valence-corrected chi connectivity index (χ4v) is 5.20. The molecule has 1 aliphatic carbocycles. The summed E-state index contributed by atoms with van der Waals surface area (Å²) in [6.07, 6.45) is 1.06. The Labute approximate surface area is 210 Å². The first-order valence-electron chi connectivity index (χ1n) is 12.1. The van der Waals surface area contributed by atoms with E-state index in [4.69, 9.17) is 9.47 Å². The minimum absolute atomic E-state index is 0.0937. The highest BCUT2D eigenvalue weighted by atomic mass is 19.1. The predicted molar refractivity (Wildman–Crippen MR) is 135 cm³/mol. The lowest BCUT2D eigenvalue weighted by Crippen LogP contribution is -2.45. The Balaban J connectivity index is 1.36. The molecule has 186 valence electrons. The van der Waals surface area contributed by atoms with Crippen LogP contribution in [0, 0.1) is 24.6 Å². The highest BCUT2D eigenvalue weighted by Gasteiger charge is 2.54. The number of piperidine rings is 1. The van der Waals surface area contributed by atoms with Crippen LogP contribution in [-0.2, 0) is 0 Å². The van der Waals surface area contributed by atoms with Gasteiger partial charge in [-0.25, -0.2) is 4.39 Å². The molecule has 1 unspecified atom stereocenters. The fourth-order valence-electron chi connectivity index (χ4n) is 5.20. The SMILES string of the molecule is COc1cc(OC)cc(C(=O)NC[C@@H]2C3C[C@@H]3CN2C(=O)c2ccc(C)cc2-c2cccc(F)c2)c1. The first-order chi connectivity index (χ1) is 17.4. The highest BCUT2D eigenvalue weighted by Crippen LogP contribution is 2.50. The van der Waals surface area contributed by atoms with Gasteiger partial charge in [0.25, 0.3) is 11.8 Å². The lowest BCUT2D eigenvalue weighted by atomic mass is 9.96. The van der Waals surface area contributed by atoms with Gasteiger partial charge in [0.05, 0.1) is 20.3 Å². The van der Waals surface area contributed by atoms with Crippen LogP contribution in [0.2, 0.25) is 0 Å². The second-order valence-electron chi connectivity index (χ2n) is 9.56. The normalized spacial score (nSPS) is 20.0. The Hall–Kier alpha value is -3.87. The largest absolute Gasteiger partial charge is 0.497 e. The van der Waals surface area contributed by atoms with Crippen molar-refractivity contribution >= 4 is 11.8 Å². The Morgan fingerprint density at radius 2 is 1.78 bits per heavy atom. The van der Waals surface area contributed by atoms with Crippen LogP contribution in [0.15, 0.2) is 60.7 Å². The molecule has 3 aromatic rings. The number of benzene rings is 3. The zero-order valence-electron chi connectivity index (χ0n) is 20.6. The maximum atomic E-state index is 14.0. The first kappa shape index (κ1) is 23.9. The van der Waals surface area contributed by atoms with Gasteiger partial charge >= 0.3 is 0 Å². The molecule has 1 N–H and O–H groups in total. The van der Waals surface area contributed by atoms with Gasteiger partial charge in [0.1, 0.15) is 17.3 Å². The van der Waals surface area contributed by atoms with E-state index in [2.05, 4.69) is 5.32 Å². The summed E-state index contributed by atoms with van der Waals surface area (Å²) in [5.41, 5.74) is 3.35. The first-order valence-corrected chi connectivity index (χ1v) is 12.1. The summed E-state index contributed by atoms with van der Waals surface area (Å²) in [5.74, 6) is 1.20. The number of amides is 2. The fraction of sp³-hybridized carbons (Fsp3) is 0.310. The molecule has 0 aromatic heterocycles. The number of aryl methyl sites for hydroxylation is 1. The second-order valence-corrected chi connectivity index (χ2v) is 9.56. The van der Waals surface area contributed by atoms with Crippen molar-refractivity contribution in [2.24, 2.45) is 11.8 Å². The smallest absolute Gasteiger partial charge is 0.254 e. The minimum Gasteiger partial charge on any atom is -0.497 e. The van der Waals surface area contributed by atoms with Crippen LogP contribution < -0.4 is 14.8 Å². The molecule has 3 atom stereocenters. The maximum Gasteiger partial charge on any atom is 0.254 e. The molecule has 1 heterocycles. The summed E-state index contributed by atoms with van der Waals surface area (Å²) in [6.45, 7) is 2.97. The van der Waals surface area contributed by atoms with Crippen LogP contribution in [0.4, 0.5) is 4.39 Å². The van der Waals surface area contributed by atoms with Crippen molar-refractivity contribution < 1.29 is 23.5 Å². The second kappa shape index (κ2) is 9.64. The van der Waals surface area contributed by atoms with E-state index < -0.39 is 0 Å². The average molecular weight is 489 g/mol. The van der Waals surface area contributed by atoms with Crippen molar-refractivity contribution in [2.75, 3.05) is 27.3 Å². The molecule has 0 radical (unpaired) electrons. The number of rotatable bonds is 7. The monoisotopic (exact) mass is 488 g/mol. The molecule has 5 rings (SSSR count). The van der Waals surface area contributed by atoms with E-state index in [1.165, 1.54) is 26.4 Å². The van der Waals surface area contributed by atoms with Gasteiger partial charge in [-0.15, -0.1) is 0 Å². The zero-order chi connectivity index (χ0) is 25.4. The van der Waals surface area contributed by atoms with Gasteiger partial charge in [-0.2, -0.15) is 0 Å². The van der Waals surface area contributed by atoms with Gasteiger partial charge in [0.2, 0.25) is 0 Å². The highest BCUT2D eigenvalue weighted by molar-refractivity contribution is 6.01. The molecule has 2 aliphatic rings. The third kappa shape index (κ3) is 4.65. The lowest BCUT2D eigenvalue weighted by Gasteiger charge is -2.29. The van der Waals surface area contributed by atoms with Gasteiger partial charge in [-0.1, -0.05) is 29.8 Å². The van der Waals surface area contributed by atoms with Crippen LogP contribution in [0.1, 0.15) is 32.7 Å². The third-order valence-corrected chi connectivity index (χ3v) is 7.19. The summed E-state index contributed by atoms with van der Waals surface area (Å²) in [4.78, 5) is 28.6. The maximum absolute atomic E-state index is 14.0. The number of halogens is 1. The number of hydrogen-bond donors (Lipinski definition) is 1. The van der Waals surface area contributed by atoms with Crippen LogP contribution in [0.5, 0.6) is 11.5 Å². The quantitative estimate of drug-likeness (QED) is 0.523. The summed E-state index contributed by atoms with van der Waals surface area (Å²) >= 11 is 0. The van der Waals surface area contributed by atoms with E-state index in [0.29, 0.717) is 58.7 Å². The topological polar surface area (TPSA) is 67.9 Å². The summed E-state index contributed by atoms with van der Waals surface area (Å²) in [6, 6.07) is 16.9. The van der Waals surface area contributed by atoms with Crippen molar-refractivity contribution in [3.8, 4) is 22.6 Å². The summed E-state index contributed by atoms with van der Waals surface area (Å²) < 4.78 is 24.5. The number of fused-ring (bicyclic) bond motifs is 1. The number of hydrogen-bond acceptors (Lipinski definition) is 4. The minimum atomic E-state index is -0.343. The van der Waals surface area contributed by atoms with Gasteiger partial charge in [0, 0.05) is 30.3 Å². The predicted octanol–water partition coefficient (Wildman–Crippen LogP) is 4.71. The van der Waals surface area contributed by atoms with Crippen LogP contribution in [-0.4, -0.2) is 50.1 Å². The van der Waals surface area contributed by atoms with E-state index in [-0.39, 0.29) is 23.7 Å². The molecular formula is C29H29FN2O4. The number of nitrogens with zero attached hydrogens (tertiary/aromatic N) is 1. The van der Waals surface area contributed by atoms with E-state index in [9.17, 15) is 14.0 Å². The van der Waals surface area contributed by atoms with Crippen LogP contribution >= 0.6 is 0 Å². The molecule has 2 amide bonds. The number of methoxy groups -OCH3 is 2. The molecule has 3 aromatic carbocycles. The summed E-state index contributed by atoms with van der Waals surface area (Å²) in [7, 11) is 3.07. The van der Waals surface area contributed by atoms with E-state index in [1.54, 1.807) is 24.3 Å². The molecule has 6 nitrogen and oxygen atoms in total. The Morgan fingerprint density at radius 3 is 2.47 bits per heavy atom. The van der Waals surface area contributed by atoms with E-state index >= 15 is 0 Å². The van der Waals surface area contributed by atoms with E-state index in [1.807, 2.05) is 36.1 Å². The summed E-state index contributed by atoms with van der Waals surface area (Å²) in [5, 5.41) is 3.01. The zero-order valence-corrected chi connectivity index (χ0v) is 20.6. The number of carbonyl (C=O) groups excluding carboxylic acids is 2. The molecule has 0 bridgehead atoms. The number of ether oxygens (including phenoxy) is 2. The molecule has 36 heavy (non-hydrogen) atoms. The van der Waals surface area contributed by atoms with Crippen molar-refractivity contribution in [1.82, 2.24) is 10.2 Å². The molecule has 0 spiro atoms. The molecule has 7 heteroatoms. The molecule has 1 aliphatic heterocycles. The molecule has 2 fully saturated rings. The number of nitrogens with one attached hydrogen (secondary N) is 1. The number of likely N-dealkylation sites (tertiary alicyclic amines) is 1. The van der Waals surface area contributed by atoms with Gasteiger partial charge < -0.3 is 19.7 Å².